The third-order valence-electron chi connectivity index (χ3n) is 2.37. The summed E-state index contributed by atoms with van der Waals surface area (Å²) in [5, 5.41) is 5.09. The highest BCUT2D eigenvalue weighted by molar-refractivity contribution is 7.09. The molecule has 0 radical (unpaired) electrons. The van der Waals surface area contributed by atoms with Crippen molar-refractivity contribution in [3.05, 3.63) is 16.1 Å². The Bertz CT molecular complexity index is 475. The smallest absolute Gasteiger partial charge is 0.322 e. The highest BCUT2D eigenvalue weighted by atomic mass is 32.1. The van der Waals surface area contributed by atoms with Crippen LogP contribution in [0.4, 0.5) is 4.79 Å². The Morgan fingerprint density at radius 2 is 2.30 bits per heavy atom. The second kappa shape index (κ2) is 8.26. The summed E-state index contributed by atoms with van der Waals surface area (Å²) in [6.07, 6.45) is 0.567. The summed E-state index contributed by atoms with van der Waals surface area (Å²) in [6.45, 7) is 3.78. The van der Waals surface area contributed by atoms with Gasteiger partial charge in [-0.2, -0.15) is 5.48 Å². The normalized spacial score (nSPS) is 11.5. The van der Waals surface area contributed by atoms with Crippen LogP contribution >= 0.6 is 11.3 Å². The molecule has 1 aromatic rings. The van der Waals surface area contributed by atoms with Crippen LogP contribution in [0.25, 0.3) is 0 Å². The quantitative estimate of drug-likeness (QED) is 0.463. The van der Waals surface area contributed by atoms with Crippen molar-refractivity contribution in [2.75, 3.05) is 6.54 Å². The van der Waals surface area contributed by atoms with E-state index >= 15 is 0 Å². The minimum Gasteiger partial charge on any atom is -0.322 e. The molecule has 0 bridgehead atoms. The molecule has 1 heterocycles. The monoisotopic (exact) mass is 299 g/mol. The molecule has 20 heavy (non-hydrogen) atoms. The van der Waals surface area contributed by atoms with E-state index < -0.39 is 12.0 Å². The SMILES string of the molecule is Cc1csc(CC(C)C(=O)NOC(=O)NCCC=O)n1. The highest BCUT2D eigenvalue weighted by Crippen LogP contribution is 2.13. The molecule has 0 saturated heterocycles. The Kier molecular flexibility index (Phi) is 6.65. The third kappa shape index (κ3) is 5.79. The number of rotatable bonds is 6. The number of nitrogens with zero attached hydrogens (tertiary/aromatic N) is 1. The van der Waals surface area contributed by atoms with Crippen molar-refractivity contribution >= 4 is 29.6 Å². The van der Waals surface area contributed by atoms with Crippen molar-refractivity contribution in [3.63, 3.8) is 0 Å². The molecular weight excluding hydrogens is 282 g/mol. The molecule has 0 aliphatic heterocycles. The molecule has 0 aliphatic carbocycles. The number of aryl methyl sites for hydroxylation is 1. The van der Waals surface area contributed by atoms with Crippen LogP contribution in [0, 0.1) is 12.8 Å². The number of aldehydes is 1. The standard InChI is InChI=1S/C12H17N3O4S/c1-8(6-10-14-9(2)7-20-10)11(17)15-19-12(18)13-4-3-5-16/h5,7-8H,3-4,6H2,1-2H3,(H,13,18)(H,15,17). The summed E-state index contributed by atoms with van der Waals surface area (Å²) in [5.41, 5.74) is 2.99. The lowest BCUT2D eigenvalue weighted by Crippen LogP contribution is -2.37. The number of aromatic nitrogens is 1. The van der Waals surface area contributed by atoms with Gasteiger partial charge in [0.1, 0.15) is 6.29 Å². The maximum absolute atomic E-state index is 11.7. The van der Waals surface area contributed by atoms with Crippen molar-refractivity contribution in [1.82, 2.24) is 15.8 Å². The van der Waals surface area contributed by atoms with Crippen LogP contribution in [0.15, 0.2) is 5.38 Å². The van der Waals surface area contributed by atoms with Crippen LogP contribution < -0.4 is 10.8 Å². The van der Waals surface area contributed by atoms with Crippen molar-refractivity contribution in [2.24, 2.45) is 5.92 Å². The number of carbonyl (C=O) groups excluding carboxylic acids is 3. The van der Waals surface area contributed by atoms with E-state index in [1.54, 1.807) is 6.92 Å². The zero-order valence-electron chi connectivity index (χ0n) is 11.3. The second-order valence-electron chi connectivity index (χ2n) is 4.23. The van der Waals surface area contributed by atoms with E-state index in [9.17, 15) is 14.4 Å². The molecule has 1 unspecified atom stereocenters. The van der Waals surface area contributed by atoms with Crippen LogP contribution in [0.2, 0.25) is 0 Å². The Morgan fingerprint density at radius 1 is 1.55 bits per heavy atom. The fraction of sp³-hybridized carbons (Fsp3) is 0.500. The first-order valence-electron chi connectivity index (χ1n) is 6.12. The van der Waals surface area contributed by atoms with Gasteiger partial charge in [0, 0.05) is 36.4 Å². The minimum atomic E-state index is -0.794. The highest BCUT2D eigenvalue weighted by Gasteiger charge is 2.16. The van der Waals surface area contributed by atoms with E-state index in [-0.39, 0.29) is 18.9 Å². The van der Waals surface area contributed by atoms with Gasteiger partial charge >= 0.3 is 6.09 Å². The molecule has 2 N–H and O–H groups in total. The Hall–Kier alpha value is -1.96. The van der Waals surface area contributed by atoms with Gasteiger partial charge in [-0.05, 0) is 6.92 Å². The lowest BCUT2D eigenvalue weighted by Gasteiger charge is -2.10. The summed E-state index contributed by atoms with van der Waals surface area (Å²) < 4.78 is 0. The summed E-state index contributed by atoms with van der Waals surface area (Å²) in [6, 6.07) is 0. The summed E-state index contributed by atoms with van der Waals surface area (Å²) in [5.74, 6) is -0.758. The lowest BCUT2D eigenvalue weighted by atomic mass is 10.1. The fourth-order valence-corrected chi connectivity index (χ4v) is 2.22. The molecule has 110 valence electrons. The largest absolute Gasteiger partial charge is 0.431 e. The topological polar surface area (TPSA) is 97.4 Å². The van der Waals surface area contributed by atoms with Gasteiger partial charge in [0.2, 0.25) is 0 Å². The van der Waals surface area contributed by atoms with Gasteiger partial charge < -0.3 is 14.9 Å². The first kappa shape index (κ1) is 16.1. The fourth-order valence-electron chi connectivity index (χ4n) is 1.32. The number of nitrogens with one attached hydrogen (secondary N) is 2. The zero-order chi connectivity index (χ0) is 15.0. The van der Waals surface area contributed by atoms with Gasteiger partial charge in [-0.15, -0.1) is 11.3 Å². The number of hydrogen-bond donors (Lipinski definition) is 2. The molecule has 2 amide bonds. The van der Waals surface area contributed by atoms with Crippen molar-refractivity contribution in [1.29, 1.82) is 0 Å². The van der Waals surface area contributed by atoms with E-state index in [0.29, 0.717) is 12.7 Å². The summed E-state index contributed by atoms with van der Waals surface area (Å²) in [7, 11) is 0. The molecule has 7 nitrogen and oxygen atoms in total. The van der Waals surface area contributed by atoms with Gasteiger partial charge in [0.15, 0.2) is 0 Å². The second-order valence-corrected chi connectivity index (χ2v) is 5.17. The number of carbonyl (C=O) groups is 3. The maximum atomic E-state index is 11.7. The van der Waals surface area contributed by atoms with Crippen molar-refractivity contribution in [3.8, 4) is 0 Å². The van der Waals surface area contributed by atoms with Crippen molar-refractivity contribution in [2.45, 2.75) is 26.7 Å². The van der Waals surface area contributed by atoms with Gasteiger partial charge in [-0.3, -0.25) is 4.79 Å². The molecule has 0 fully saturated rings. The number of hydrogen-bond acceptors (Lipinski definition) is 6. The first-order chi connectivity index (χ1) is 9.52. The van der Waals surface area contributed by atoms with Crippen LogP contribution in [-0.2, 0) is 20.8 Å². The molecule has 0 spiro atoms. The van der Waals surface area contributed by atoms with Crippen LogP contribution in [-0.4, -0.2) is 29.8 Å². The molecule has 0 aromatic carbocycles. The van der Waals surface area contributed by atoms with Crippen LogP contribution in [0.3, 0.4) is 0 Å². The molecule has 8 heteroatoms. The molecular formula is C12H17N3O4S. The summed E-state index contributed by atoms with van der Waals surface area (Å²) in [4.78, 5) is 41.7. The Morgan fingerprint density at radius 3 is 2.90 bits per heavy atom. The molecule has 0 saturated carbocycles. The van der Waals surface area contributed by atoms with E-state index in [4.69, 9.17) is 0 Å². The van der Waals surface area contributed by atoms with Gasteiger partial charge in [-0.1, -0.05) is 6.92 Å². The van der Waals surface area contributed by atoms with E-state index in [0.717, 1.165) is 10.7 Å². The zero-order valence-corrected chi connectivity index (χ0v) is 12.2. The van der Waals surface area contributed by atoms with Crippen LogP contribution in [0.1, 0.15) is 24.0 Å². The molecule has 1 rings (SSSR count). The average molecular weight is 299 g/mol. The first-order valence-corrected chi connectivity index (χ1v) is 7.00. The minimum absolute atomic E-state index is 0.173. The molecule has 1 atom stereocenters. The maximum Gasteiger partial charge on any atom is 0.431 e. The Balaban J connectivity index is 2.27. The molecule has 0 aliphatic rings. The number of hydroxylamine groups is 1. The average Bonchev–Trinajstić information content (AvgIpc) is 2.81. The predicted molar refractivity (Wildman–Crippen MR) is 73.0 cm³/mol. The van der Waals surface area contributed by atoms with Crippen LogP contribution in [0.5, 0.6) is 0 Å². The predicted octanol–water partition coefficient (Wildman–Crippen LogP) is 0.977. The number of thiazole rings is 1. The molecule has 1 aromatic heterocycles. The van der Waals surface area contributed by atoms with Gasteiger partial charge in [0.25, 0.3) is 5.91 Å². The van der Waals surface area contributed by atoms with Gasteiger partial charge in [-0.25, -0.2) is 9.78 Å². The van der Waals surface area contributed by atoms with Crippen molar-refractivity contribution < 1.29 is 19.2 Å². The third-order valence-corrected chi connectivity index (χ3v) is 3.36. The Labute approximate surface area is 120 Å². The number of amides is 2. The van der Waals surface area contributed by atoms with E-state index in [1.165, 1.54) is 11.3 Å². The van der Waals surface area contributed by atoms with E-state index in [1.807, 2.05) is 12.3 Å². The lowest BCUT2D eigenvalue weighted by molar-refractivity contribution is -0.133. The van der Waals surface area contributed by atoms with E-state index in [2.05, 4.69) is 20.6 Å². The van der Waals surface area contributed by atoms with Gasteiger partial charge in [0.05, 0.1) is 5.01 Å². The summed E-state index contributed by atoms with van der Waals surface area (Å²) >= 11 is 1.49.